The molecule has 6 aliphatic rings. The van der Waals surface area contributed by atoms with E-state index in [0.717, 1.165) is 244 Å². The summed E-state index contributed by atoms with van der Waals surface area (Å²) < 4.78 is 60.1. The predicted molar refractivity (Wildman–Crippen MR) is 624 cm³/mol. The number of H-pyrrole nitrogens is 2. The minimum atomic E-state index is -0.815. The maximum Gasteiger partial charge on any atom is 0.251 e. The number of fused-ring (bicyclic) bond motifs is 24. The minimum Gasteiger partial charge on any atom is -0.448 e. The van der Waals surface area contributed by atoms with Crippen molar-refractivity contribution in [2.45, 2.75) is 644 Å². The molecule has 0 fully saturated rings. The van der Waals surface area contributed by atoms with E-state index in [0.29, 0.717) is 45.9 Å². The SMILES string of the molecule is CCCCCCCCCCCCC1(CCCCCCCCCCCC)Oc2cc3c(cc2O1)-c1nc-3nc2[nH]c(nc3nc(nc4[nH]c(n1)c1cc5c(cc41)OC(CCCCCCCCCCCC)(CCCCCCCCCCCC)O5)-c1cc4c(cc1-3)OC(CCCCCCCCCCCC)(CCCCCCCCCCCC)O4)c1cc3c(cc21)OC(CCCCCCCCCCCC)(CCCCCCCCCCCC)O3. The molecular weight excluding hydrogens is 1830 g/mol. The van der Waals surface area contributed by atoms with Gasteiger partial charge >= 0.3 is 0 Å². The van der Waals surface area contributed by atoms with E-state index in [1.165, 1.54) is 411 Å². The molecule has 3 aromatic heterocycles. The Labute approximate surface area is 899 Å². The molecule has 0 aliphatic carbocycles. The predicted octanol–water partition coefficient (Wildman–Crippen LogP) is 43.2. The first-order chi connectivity index (χ1) is 73.0. The van der Waals surface area contributed by atoms with Crippen LogP contribution < -0.4 is 37.9 Å². The molecular formula is C132H210N8O8. The van der Waals surface area contributed by atoms with Crippen LogP contribution >= 0.6 is 0 Å². The first-order valence-electron chi connectivity index (χ1n) is 64.1. The van der Waals surface area contributed by atoms with Gasteiger partial charge in [-0.3, -0.25) is 0 Å². The molecule has 6 aliphatic heterocycles. The Hall–Kier alpha value is -7.36. The van der Waals surface area contributed by atoms with Crippen LogP contribution in [-0.2, 0) is 0 Å². The molecule has 148 heavy (non-hydrogen) atoms. The summed E-state index contributed by atoms with van der Waals surface area (Å²) in [5, 5.41) is 3.38. The Kier molecular flexibility index (Phi) is 53.0. The average Bonchev–Trinajstić information content (AvgIpc) is 1.58. The molecule has 826 valence electrons. The zero-order chi connectivity index (χ0) is 103. The van der Waals surface area contributed by atoms with Crippen LogP contribution in [0.3, 0.4) is 0 Å². The number of benzene rings is 4. The number of hydrogen-bond donors (Lipinski definition) is 2. The van der Waals surface area contributed by atoms with Gasteiger partial charge in [0.15, 0.2) is 69.3 Å². The number of aromatic amines is 2. The fourth-order valence-electron chi connectivity index (χ4n) is 24.5. The lowest BCUT2D eigenvalue weighted by Crippen LogP contribution is -2.38. The van der Waals surface area contributed by atoms with Crippen LogP contribution in [0.4, 0.5) is 0 Å². The van der Waals surface area contributed by atoms with Gasteiger partial charge in [0, 0.05) is 95.2 Å². The van der Waals surface area contributed by atoms with Crippen molar-refractivity contribution in [3.05, 3.63) is 48.5 Å². The summed E-state index contributed by atoms with van der Waals surface area (Å²) in [5.41, 5.74) is 5.64. The lowest BCUT2D eigenvalue weighted by Gasteiger charge is -2.28. The van der Waals surface area contributed by atoms with Crippen molar-refractivity contribution in [2.75, 3.05) is 0 Å². The highest BCUT2D eigenvalue weighted by atomic mass is 16.8. The van der Waals surface area contributed by atoms with Crippen molar-refractivity contribution in [3.63, 3.8) is 0 Å². The second-order valence-electron chi connectivity index (χ2n) is 46.9. The van der Waals surface area contributed by atoms with E-state index in [-0.39, 0.29) is 0 Å². The van der Waals surface area contributed by atoms with Gasteiger partial charge in [-0.25, -0.2) is 29.9 Å². The summed E-state index contributed by atoms with van der Waals surface area (Å²) in [6.45, 7) is 18.5. The summed E-state index contributed by atoms with van der Waals surface area (Å²) in [7, 11) is 0. The van der Waals surface area contributed by atoms with Crippen molar-refractivity contribution in [1.82, 2.24) is 39.9 Å². The van der Waals surface area contributed by atoms with Crippen LogP contribution in [0.5, 0.6) is 46.0 Å². The van der Waals surface area contributed by atoms with Gasteiger partial charge in [-0.2, -0.15) is 0 Å². The lowest BCUT2D eigenvalue weighted by molar-refractivity contribution is -0.0953. The van der Waals surface area contributed by atoms with Crippen molar-refractivity contribution in [1.29, 1.82) is 0 Å². The number of aromatic nitrogens is 8. The third kappa shape index (κ3) is 37.5. The standard InChI is InChI=1S/C132H210N8O8/c1-9-17-25-33-41-49-57-65-73-81-89-129(90-82-74-66-58-50-42-34-26-18-10-2)141-113-97-105-106(98-114(113)142-129)122-133-121(105)137-123-107-99-115-117(145-130(143-115,91-83-75-67-59-51-43-35-27-19-11-3)92-84-76-68-60-52-44-36-28-20-12-4)101-109(107)125(134-123)139-127-111-103-119-120(148-132(147-119,95-87-79-71-63-55-47-39-31-23-15-7)96-88-80-72-64-56-48-40-32-24-16-8)104-112(111)128(136-127)140-126-110-102-118-116(100-108(110)124(135-126)138-122)144-131(146-118,93-85-77-69-61-53-45-37-29-21-13-5)94-86-78-70-62-54-46-38-30-22-14-6/h97-104H,9-96H2,1-8H3,(H2,133,134,135,136,137,138,139,140). The molecule has 0 spiro atoms. The summed E-state index contributed by atoms with van der Waals surface area (Å²) in [5.74, 6) is 4.59. The average molecular weight is 2040 g/mol. The number of nitrogens with one attached hydrogen (secondary N) is 2. The van der Waals surface area contributed by atoms with E-state index in [4.69, 9.17) is 67.8 Å². The summed E-state index contributed by atoms with van der Waals surface area (Å²) in [4.78, 5) is 42.6. The highest BCUT2D eigenvalue weighted by Crippen LogP contribution is 2.55. The van der Waals surface area contributed by atoms with Crippen molar-refractivity contribution in [3.8, 4) is 91.5 Å². The molecule has 2 N–H and O–H groups in total. The summed E-state index contributed by atoms with van der Waals surface area (Å²) in [6, 6.07) is 17.4. The monoisotopic (exact) mass is 2040 g/mol. The number of nitrogens with zero attached hydrogens (tertiary/aromatic N) is 6. The molecule has 0 atom stereocenters. The Bertz CT molecular complexity index is 4460. The molecule has 0 amide bonds. The van der Waals surface area contributed by atoms with E-state index in [1.807, 2.05) is 0 Å². The molecule has 0 radical (unpaired) electrons. The molecule has 0 saturated carbocycles. The molecule has 0 saturated heterocycles. The van der Waals surface area contributed by atoms with Crippen LogP contribution in [0.15, 0.2) is 48.5 Å². The zero-order valence-electron chi connectivity index (χ0n) is 95.8. The zero-order valence-corrected chi connectivity index (χ0v) is 95.8. The van der Waals surface area contributed by atoms with Gasteiger partial charge < -0.3 is 47.9 Å². The van der Waals surface area contributed by atoms with Crippen LogP contribution in [0.1, 0.15) is 620 Å². The van der Waals surface area contributed by atoms with E-state index in [1.54, 1.807) is 0 Å². The Balaban J connectivity index is 0.932. The smallest absolute Gasteiger partial charge is 0.251 e. The van der Waals surface area contributed by atoms with Gasteiger partial charge in [0.2, 0.25) is 0 Å². The molecule has 4 aromatic carbocycles. The fraction of sp³-hybridized carbons (Fsp3) is 0.758. The van der Waals surface area contributed by atoms with Crippen molar-refractivity contribution < 1.29 is 37.9 Å². The Morgan fingerprint density at radius 3 is 0.392 bits per heavy atom. The third-order valence-electron chi connectivity index (χ3n) is 33.7. The highest BCUT2D eigenvalue weighted by molar-refractivity contribution is 6.08. The number of ether oxygens (including phenoxy) is 8. The topological polar surface area (TPSA) is 183 Å². The molecule has 9 heterocycles. The Morgan fingerprint density at radius 2 is 0.264 bits per heavy atom. The first kappa shape index (κ1) is 118. The van der Waals surface area contributed by atoms with Crippen LogP contribution in [0.2, 0.25) is 0 Å². The second-order valence-corrected chi connectivity index (χ2v) is 46.9. The summed E-state index contributed by atoms with van der Waals surface area (Å²) in [6.07, 6.45) is 108. The number of rotatable bonds is 88. The first-order valence-corrected chi connectivity index (χ1v) is 64.1. The van der Waals surface area contributed by atoms with E-state index in [2.05, 4.69) is 114 Å². The molecule has 13 rings (SSSR count). The molecule has 8 bridgehead atoms. The molecule has 16 heteroatoms. The normalized spacial score (nSPS) is 14.5. The van der Waals surface area contributed by atoms with Crippen LogP contribution in [0, 0.1) is 0 Å². The van der Waals surface area contributed by atoms with Gasteiger partial charge in [0.05, 0.1) is 0 Å². The van der Waals surface area contributed by atoms with Gasteiger partial charge in [-0.15, -0.1) is 0 Å². The van der Waals surface area contributed by atoms with Crippen LogP contribution in [0.25, 0.3) is 89.7 Å². The summed E-state index contributed by atoms with van der Waals surface area (Å²) >= 11 is 0. The number of hydrogen-bond acceptors (Lipinski definition) is 14. The molecule has 0 unspecified atom stereocenters. The maximum atomic E-state index is 7.52. The largest absolute Gasteiger partial charge is 0.448 e. The maximum absolute atomic E-state index is 7.52. The Morgan fingerprint density at radius 1 is 0.149 bits per heavy atom. The van der Waals surface area contributed by atoms with E-state index < -0.39 is 23.1 Å². The number of unbranched alkanes of at least 4 members (excludes halogenated alkanes) is 72. The van der Waals surface area contributed by atoms with Gasteiger partial charge in [-0.1, -0.05) is 518 Å². The molecule has 16 nitrogen and oxygen atoms in total. The lowest BCUT2D eigenvalue weighted by atomic mass is 9.98. The van der Waals surface area contributed by atoms with Gasteiger partial charge in [0.25, 0.3) is 23.1 Å². The van der Waals surface area contributed by atoms with Gasteiger partial charge in [0.1, 0.15) is 22.6 Å². The van der Waals surface area contributed by atoms with Crippen LogP contribution in [-0.4, -0.2) is 63.0 Å². The second kappa shape index (κ2) is 66.7. The van der Waals surface area contributed by atoms with Gasteiger partial charge in [-0.05, 0) is 99.9 Å². The van der Waals surface area contributed by atoms with E-state index >= 15 is 0 Å². The minimum absolute atomic E-state index is 0.505. The van der Waals surface area contributed by atoms with E-state index in [9.17, 15) is 0 Å². The highest BCUT2D eigenvalue weighted by Gasteiger charge is 2.47. The fourth-order valence-corrected chi connectivity index (χ4v) is 24.5. The van der Waals surface area contributed by atoms with Crippen molar-refractivity contribution in [2.24, 2.45) is 0 Å². The third-order valence-corrected chi connectivity index (χ3v) is 33.7. The molecule has 7 aromatic rings. The van der Waals surface area contributed by atoms with Crippen molar-refractivity contribution >= 4 is 44.1 Å². The quantitative estimate of drug-likeness (QED) is 0.0343.